The van der Waals surface area contributed by atoms with Gasteiger partial charge in [0.1, 0.15) is 5.01 Å². The minimum absolute atomic E-state index is 0.0958. The summed E-state index contributed by atoms with van der Waals surface area (Å²) < 4.78 is 0. The number of likely N-dealkylation sites (tertiary alicyclic amines) is 1. The lowest BCUT2D eigenvalue weighted by Crippen LogP contribution is -2.51. The Hall–Kier alpha value is -1.92. The molecular formula is C23H35N5S. The zero-order valence-electron chi connectivity index (χ0n) is 18.4. The van der Waals surface area contributed by atoms with Crippen molar-refractivity contribution in [1.29, 1.82) is 0 Å². The molecule has 1 aliphatic rings. The van der Waals surface area contributed by atoms with Crippen molar-refractivity contribution in [3.8, 4) is 0 Å². The molecule has 5 nitrogen and oxygen atoms in total. The summed E-state index contributed by atoms with van der Waals surface area (Å²) in [5.41, 5.74) is 2.64. The standard InChI is InChI=1S/C23H35N5S/c1-17-13-19(11-12-28(17)15-18-9-7-6-8-10-18)26-22(24-5)25-14-21-27-20(16-29-21)23(2,3)4/h6-10,16-17,19H,11-15H2,1-5H3,(H2,24,25,26). The van der Waals surface area contributed by atoms with Gasteiger partial charge in [0.05, 0.1) is 12.2 Å². The summed E-state index contributed by atoms with van der Waals surface area (Å²) in [6.07, 6.45) is 2.25. The summed E-state index contributed by atoms with van der Waals surface area (Å²) in [5.74, 6) is 0.867. The minimum atomic E-state index is 0.0958. The van der Waals surface area contributed by atoms with E-state index in [0.29, 0.717) is 18.6 Å². The molecule has 6 heteroatoms. The first-order chi connectivity index (χ1) is 13.8. The van der Waals surface area contributed by atoms with Gasteiger partial charge in [-0.15, -0.1) is 11.3 Å². The maximum Gasteiger partial charge on any atom is 0.191 e. The number of piperidine rings is 1. The SMILES string of the molecule is CN=C(NCc1nc(C(C)(C)C)cs1)NC1CCN(Cc2ccccc2)C(C)C1. The van der Waals surface area contributed by atoms with Gasteiger partial charge in [0, 0.05) is 43.0 Å². The third-order valence-corrected chi connectivity index (χ3v) is 6.38. The van der Waals surface area contributed by atoms with Crippen LogP contribution in [0.5, 0.6) is 0 Å². The van der Waals surface area contributed by atoms with Gasteiger partial charge in [-0.3, -0.25) is 9.89 Å². The molecular weight excluding hydrogens is 378 g/mol. The van der Waals surface area contributed by atoms with Gasteiger partial charge in [-0.05, 0) is 25.3 Å². The van der Waals surface area contributed by atoms with Crippen molar-refractivity contribution in [3.63, 3.8) is 0 Å². The molecule has 2 heterocycles. The lowest BCUT2D eigenvalue weighted by Gasteiger charge is -2.38. The van der Waals surface area contributed by atoms with Crippen molar-refractivity contribution < 1.29 is 0 Å². The molecule has 158 valence electrons. The van der Waals surface area contributed by atoms with Crippen LogP contribution in [0, 0.1) is 0 Å². The lowest BCUT2D eigenvalue weighted by molar-refractivity contribution is 0.134. The highest BCUT2D eigenvalue weighted by molar-refractivity contribution is 7.09. The first kappa shape index (κ1) is 21.8. The van der Waals surface area contributed by atoms with E-state index in [1.54, 1.807) is 11.3 Å². The van der Waals surface area contributed by atoms with Gasteiger partial charge >= 0.3 is 0 Å². The van der Waals surface area contributed by atoms with Gasteiger partial charge in [0.2, 0.25) is 0 Å². The molecule has 2 atom stereocenters. The first-order valence-electron chi connectivity index (χ1n) is 10.5. The topological polar surface area (TPSA) is 52.6 Å². The molecule has 0 aliphatic carbocycles. The number of aromatic nitrogens is 1. The van der Waals surface area contributed by atoms with Gasteiger partial charge in [-0.2, -0.15) is 0 Å². The summed E-state index contributed by atoms with van der Waals surface area (Å²) in [4.78, 5) is 11.8. The Morgan fingerprint density at radius 1 is 1.28 bits per heavy atom. The third kappa shape index (κ3) is 6.28. The van der Waals surface area contributed by atoms with Crippen molar-refractivity contribution in [1.82, 2.24) is 20.5 Å². The molecule has 1 fully saturated rings. The van der Waals surface area contributed by atoms with E-state index >= 15 is 0 Å². The van der Waals surface area contributed by atoms with E-state index in [1.165, 1.54) is 5.56 Å². The van der Waals surface area contributed by atoms with E-state index in [4.69, 9.17) is 4.98 Å². The second-order valence-electron chi connectivity index (χ2n) is 8.97. The molecule has 1 aliphatic heterocycles. The summed E-state index contributed by atoms with van der Waals surface area (Å²) in [5, 5.41) is 10.3. The Morgan fingerprint density at radius 2 is 2.03 bits per heavy atom. The molecule has 1 saturated heterocycles. The molecule has 1 aromatic carbocycles. The van der Waals surface area contributed by atoms with E-state index in [2.05, 4.69) is 83.9 Å². The normalized spacial score (nSPS) is 21.2. The smallest absolute Gasteiger partial charge is 0.191 e. The quantitative estimate of drug-likeness (QED) is 0.571. The maximum absolute atomic E-state index is 4.76. The fourth-order valence-corrected chi connectivity index (χ4v) is 4.65. The van der Waals surface area contributed by atoms with Crippen molar-refractivity contribution in [3.05, 3.63) is 52.0 Å². The van der Waals surface area contributed by atoms with Gasteiger partial charge < -0.3 is 10.6 Å². The van der Waals surface area contributed by atoms with Crippen LogP contribution >= 0.6 is 11.3 Å². The molecule has 2 N–H and O–H groups in total. The van der Waals surface area contributed by atoms with E-state index in [1.807, 2.05) is 7.05 Å². The number of nitrogens with zero attached hydrogens (tertiary/aromatic N) is 3. The zero-order chi connectivity index (χ0) is 20.9. The monoisotopic (exact) mass is 413 g/mol. The van der Waals surface area contributed by atoms with Crippen molar-refractivity contribution in [2.75, 3.05) is 13.6 Å². The molecule has 2 unspecified atom stereocenters. The number of benzene rings is 1. The third-order valence-electron chi connectivity index (χ3n) is 5.53. The van der Waals surface area contributed by atoms with Crippen molar-refractivity contribution in [2.24, 2.45) is 4.99 Å². The predicted octanol–water partition coefficient (Wildman–Crippen LogP) is 4.16. The fraction of sp³-hybridized carbons (Fsp3) is 0.565. The highest BCUT2D eigenvalue weighted by Gasteiger charge is 2.26. The van der Waals surface area contributed by atoms with Crippen LogP contribution in [-0.2, 0) is 18.5 Å². The van der Waals surface area contributed by atoms with Gasteiger partial charge in [0.15, 0.2) is 5.96 Å². The number of guanidine groups is 1. The number of rotatable bonds is 5. The van der Waals surface area contributed by atoms with Crippen molar-refractivity contribution in [2.45, 2.75) is 71.1 Å². The first-order valence-corrected chi connectivity index (χ1v) is 11.4. The minimum Gasteiger partial charge on any atom is -0.354 e. The number of thiazole rings is 1. The molecule has 0 radical (unpaired) electrons. The van der Waals surface area contributed by atoms with Crippen LogP contribution in [0.2, 0.25) is 0 Å². The van der Waals surface area contributed by atoms with Gasteiger partial charge in [-0.1, -0.05) is 51.1 Å². The largest absolute Gasteiger partial charge is 0.354 e. The molecule has 3 rings (SSSR count). The van der Waals surface area contributed by atoms with E-state index in [0.717, 1.165) is 42.6 Å². The Balaban J connectivity index is 1.47. The molecule has 29 heavy (non-hydrogen) atoms. The van der Waals surface area contributed by atoms with Gasteiger partial charge in [-0.25, -0.2) is 4.98 Å². The highest BCUT2D eigenvalue weighted by atomic mass is 32.1. The van der Waals surface area contributed by atoms with E-state index < -0.39 is 0 Å². The molecule has 2 aromatic rings. The zero-order valence-corrected chi connectivity index (χ0v) is 19.2. The van der Waals surface area contributed by atoms with Crippen LogP contribution in [0.25, 0.3) is 0 Å². The van der Waals surface area contributed by atoms with Crippen LogP contribution < -0.4 is 10.6 Å². The maximum atomic E-state index is 4.76. The van der Waals surface area contributed by atoms with Crippen LogP contribution in [0.15, 0.2) is 40.7 Å². The van der Waals surface area contributed by atoms with Gasteiger partial charge in [0.25, 0.3) is 0 Å². The summed E-state index contributed by atoms with van der Waals surface area (Å²) in [6.45, 7) is 11.8. The molecule has 0 bridgehead atoms. The predicted molar refractivity (Wildman–Crippen MR) is 123 cm³/mol. The average Bonchev–Trinajstić information content (AvgIpc) is 3.17. The van der Waals surface area contributed by atoms with Crippen molar-refractivity contribution >= 4 is 17.3 Å². The Morgan fingerprint density at radius 3 is 2.66 bits per heavy atom. The number of aliphatic imine (C=N–C) groups is 1. The Kier molecular flexibility index (Phi) is 7.30. The summed E-state index contributed by atoms with van der Waals surface area (Å²) in [7, 11) is 1.84. The second kappa shape index (κ2) is 9.72. The number of hydrogen-bond donors (Lipinski definition) is 2. The van der Waals surface area contributed by atoms with E-state index in [9.17, 15) is 0 Å². The van der Waals surface area contributed by atoms with Crippen LogP contribution in [0.3, 0.4) is 0 Å². The Bertz CT molecular complexity index is 793. The molecule has 0 saturated carbocycles. The second-order valence-corrected chi connectivity index (χ2v) is 9.92. The molecule has 0 spiro atoms. The molecule has 0 amide bonds. The summed E-state index contributed by atoms with van der Waals surface area (Å²) >= 11 is 1.71. The van der Waals surface area contributed by atoms with E-state index in [-0.39, 0.29) is 5.41 Å². The molecule has 1 aromatic heterocycles. The highest BCUT2D eigenvalue weighted by Crippen LogP contribution is 2.24. The number of nitrogens with one attached hydrogen (secondary N) is 2. The Labute approximate surface area is 179 Å². The van der Waals surface area contributed by atoms with Crippen LogP contribution in [0.4, 0.5) is 0 Å². The lowest BCUT2D eigenvalue weighted by atomic mass is 9.93. The van der Waals surface area contributed by atoms with Crippen LogP contribution in [0.1, 0.15) is 56.8 Å². The average molecular weight is 414 g/mol. The van der Waals surface area contributed by atoms with Crippen LogP contribution in [-0.4, -0.2) is 41.5 Å². The number of hydrogen-bond acceptors (Lipinski definition) is 4. The fourth-order valence-electron chi connectivity index (χ4n) is 3.69. The summed E-state index contributed by atoms with van der Waals surface area (Å²) in [6, 6.07) is 11.8.